The molecule has 0 heterocycles. The van der Waals surface area contributed by atoms with Crippen molar-refractivity contribution in [1.29, 1.82) is 0 Å². The van der Waals surface area contributed by atoms with Crippen molar-refractivity contribution in [2.24, 2.45) is 62.6 Å². The van der Waals surface area contributed by atoms with Crippen LogP contribution in [0, 0.1) is 62.6 Å². The first-order valence-corrected chi connectivity index (χ1v) is 16.5. The van der Waals surface area contributed by atoms with Crippen LogP contribution in [0.15, 0.2) is 12.2 Å². The molecule has 0 aliphatic heterocycles. The van der Waals surface area contributed by atoms with Crippen molar-refractivity contribution in [2.45, 2.75) is 137 Å². The third-order valence-electron chi connectivity index (χ3n) is 14.8. The van der Waals surface area contributed by atoms with Gasteiger partial charge in [0.2, 0.25) is 0 Å². The maximum absolute atomic E-state index is 10.4. The molecule has 4 nitrogen and oxygen atoms in total. The minimum Gasteiger partial charge on any atom is -0.394 e. The van der Waals surface area contributed by atoms with E-state index in [1.165, 1.54) is 57.8 Å². The van der Waals surface area contributed by atoms with Crippen LogP contribution in [-0.2, 0) is 0 Å². The van der Waals surface area contributed by atoms with Crippen LogP contribution in [0.4, 0.5) is 0 Å². The maximum Gasteiger partial charge on any atom is 0.108 e. The summed E-state index contributed by atoms with van der Waals surface area (Å²) >= 11 is 0. The molecule has 224 valence electrons. The van der Waals surface area contributed by atoms with Crippen molar-refractivity contribution in [3.05, 3.63) is 12.2 Å². The molecule has 5 aliphatic carbocycles. The summed E-state index contributed by atoms with van der Waals surface area (Å²) in [5, 5.41) is 39.4. The molecule has 0 amide bonds. The highest BCUT2D eigenvalue weighted by atomic mass is 16.4. The Hall–Kier alpha value is -0.420. The summed E-state index contributed by atoms with van der Waals surface area (Å²) in [6, 6.07) is 0. The molecule has 4 saturated carbocycles. The van der Waals surface area contributed by atoms with Crippen LogP contribution in [0.3, 0.4) is 0 Å². The maximum atomic E-state index is 10.4. The fourth-order valence-corrected chi connectivity index (χ4v) is 12.4. The average Bonchev–Trinajstić information content (AvgIpc) is 3.23. The molecule has 0 aromatic rings. The Morgan fingerprint density at radius 2 is 1.33 bits per heavy atom. The second kappa shape index (κ2) is 10.1. The molecule has 5 aliphatic rings. The number of rotatable bonds is 7. The first-order valence-electron chi connectivity index (χ1n) is 16.5. The van der Waals surface area contributed by atoms with Gasteiger partial charge in [-0.2, -0.15) is 0 Å². The Morgan fingerprint density at radius 1 is 0.718 bits per heavy atom. The molecule has 39 heavy (non-hydrogen) atoms. The normalized spacial score (nSPS) is 49.7. The molecule has 0 spiro atoms. The van der Waals surface area contributed by atoms with Crippen LogP contribution in [0.25, 0.3) is 0 Å². The molecule has 4 fully saturated rings. The molecule has 0 aromatic heterocycles. The van der Waals surface area contributed by atoms with Gasteiger partial charge in [0, 0.05) is 0 Å². The van der Waals surface area contributed by atoms with E-state index in [1.54, 1.807) is 0 Å². The molecular weight excluding hydrogens is 484 g/mol. The van der Waals surface area contributed by atoms with Gasteiger partial charge in [0.25, 0.3) is 0 Å². The summed E-state index contributed by atoms with van der Waals surface area (Å²) < 4.78 is 0. The van der Waals surface area contributed by atoms with Gasteiger partial charge < -0.3 is 20.4 Å². The monoisotopic (exact) mass is 544 g/mol. The molecule has 0 saturated heterocycles. The minimum absolute atomic E-state index is 0.325. The summed E-state index contributed by atoms with van der Waals surface area (Å²) in [7, 11) is 0. The van der Waals surface area contributed by atoms with Crippen LogP contribution >= 0.6 is 0 Å². The van der Waals surface area contributed by atoms with E-state index < -0.39 is 24.9 Å². The molecule has 0 aromatic carbocycles. The molecule has 5 rings (SSSR count). The fourth-order valence-electron chi connectivity index (χ4n) is 12.4. The molecule has 4 N–H and O–H groups in total. The van der Waals surface area contributed by atoms with E-state index in [0.29, 0.717) is 63.1 Å². The summed E-state index contributed by atoms with van der Waals surface area (Å²) in [6.45, 7) is 17.6. The van der Waals surface area contributed by atoms with Crippen LogP contribution in [0.2, 0.25) is 0 Å². The number of allylic oxidation sites excluding steroid dienone is 2. The van der Waals surface area contributed by atoms with Crippen molar-refractivity contribution < 1.29 is 20.4 Å². The Morgan fingerprint density at radius 3 is 1.97 bits per heavy atom. The predicted octanol–water partition coefficient (Wildman–Crippen LogP) is 6.75. The number of hydrogen-bond donors (Lipinski definition) is 4. The molecule has 13 atom stereocenters. The number of hydrogen-bond acceptors (Lipinski definition) is 4. The van der Waals surface area contributed by atoms with E-state index in [4.69, 9.17) is 5.11 Å². The van der Waals surface area contributed by atoms with Gasteiger partial charge in [0.1, 0.15) is 12.2 Å². The first kappa shape index (κ1) is 30.1. The van der Waals surface area contributed by atoms with Gasteiger partial charge in [-0.3, -0.25) is 0 Å². The second-order valence-corrected chi connectivity index (χ2v) is 16.8. The van der Waals surface area contributed by atoms with Crippen molar-refractivity contribution in [1.82, 2.24) is 0 Å². The largest absolute Gasteiger partial charge is 0.394 e. The van der Waals surface area contributed by atoms with Gasteiger partial charge in [0.05, 0.1) is 12.7 Å². The Balaban J connectivity index is 1.36. The summed E-state index contributed by atoms with van der Waals surface area (Å²) in [5.41, 5.74) is 1.89. The van der Waals surface area contributed by atoms with E-state index in [2.05, 4.69) is 60.6 Å². The van der Waals surface area contributed by atoms with Crippen LogP contribution in [-0.4, -0.2) is 45.3 Å². The second-order valence-electron chi connectivity index (χ2n) is 16.8. The van der Waals surface area contributed by atoms with Gasteiger partial charge >= 0.3 is 0 Å². The van der Waals surface area contributed by atoms with Crippen molar-refractivity contribution in [3.8, 4) is 0 Å². The standard InChI is InChI=1S/C35H60O4/c1-22(9-10-25(37)30(39)26(38)21-36)23-13-18-32(4)24(23)14-19-34(6)28(32)11-12-29-33(5)17-8-16-31(2,3)27(33)15-20-35(29,34)7/h11-12,22-30,36-39H,8-10,13-21H2,1-7H3. The molecule has 4 heteroatoms. The third kappa shape index (κ3) is 4.35. The van der Waals surface area contributed by atoms with Crippen molar-refractivity contribution in [3.63, 3.8) is 0 Å². The smallest absolute Gasteiger partial charge is 0.108 e. The number of fused-ring (bicyclic) bond motifs is 7. The summed E-state index contributed by atoms with van der Waals surface area (Å²) in [6.07, 6.45) is 15.4. The fraction of sp³-hybridized carbons (Fsp3) is 0.943. The van der Waals surface area contributed by atoms with E-state index in [9.17, 15) is 15.3 Å². The van der Waals surface area contributed by atoms with E-state index in [0.717, 1.165) is 12.3 Å². The van der Waals surface area contributed by atoms with Crippen LogP contribution in [0.5, 0.6) is 0 Å². The molecule has 0 bridgehead atoms. The highest BCUT2D eigenvalue weighted by molar-refractivity contribution is 5.26. The van der Waals surface area contributed by atoms with E-state index in [-0.39, 0.29) is 0 Å². The van der Waals surface area contributed by atoms with Crippen molar-refractivity contribution in [2.75, 3.05) is 6.61 Å². The van der Waals surface area contributed by atoms with Crippen LogP contribution < -0.4 is 0 Å². The molecule has 13 unspecified atom stereocenters. The van der Waals surface area contributed by atoms with Crippen molar-refractivity contribution >= 4 is 0 Å². The number of aliphatic hydroxyl groups is 4. The topological polar surface area (TPSA) is 80.9 Å². The zero-order valence-corrected chi connectivity index (χ0v) is 26.1. The first-order chi connectivity index (χ1) is 18.2. The van der Waals surface area contributed by atoms with E-state index >= 15 is 0 Å². The lowest BCUT2D eigenvalue weighted by Crippen LogP contribution is -2.64. The molecular formula is C35H60O4. The van der Waals surface area contributed by atoms with Gasteiger partial charge in [-0.15, -0.1) is 0 Å². The van der Waals surface area contributed by atoms with Gasteiger partial charge in [-0.1, -0.05) is 67.0 Å². The third-order valence-corrected chi connectivity index (χ3v) is 14.8. The summed E-state index contributed by atoms with van der Waals surface area (Å²) in [5.74, 6) is 3.98. The average molecular weight is 545 g/mol. The lowest BCUT2D eigenvalue weighted by molar-refractivity contribution is -0.198. The van der Waals surface area contributed by atoms with E-state index in [1.807, 2.05) is 0 Å². The van der Waals surface area contributed by atoms with Gasteiger partial charge in [-0.25, -0.2) is 0 Å². The highest BCUT2D eigenvalue weighted by Gasteiger charge is 2.69. The predicted molar refractivity (Wildman–Crippen MR) is 158 cm³/mol. The lowest BCUT2D eigenvalue weighted by Gasteiger charge is -2.71. The Labute approximate surface area is 239 Å². The Bertz CT molecular complexity index is 930. The Kier molecular flexibility index (Phi) is 7.78. The minimum atomic E-state index is -1.28. The zero-order valence-electron chi connectivity index (χ0n) is 26.1. The quantitative estimate of drug-likeness (QED) is 0.267. The van der Waals surface area contributed by atoms with Crippen LogP contribution in [0.1, 0.15) is 119 Å². The molecule has 0 radical (unpaired) electrons. The number of aliphatic hydroxyl groups excluding tert-OH is 4. The van der Waals surface area contributed by atoms with Gasteiger partial charge in [0.15, 0.2) is 0 Å². The summed E-state index contributed by atoms with van der Waals surface area (Å²) in [4.78, 5) is 0. The SMILES string of the molecule is CC(CCC(O)C(O)C(O)CO)C1CCC2(C)C1CCC1(C)C2C=CC2C3(C)CCCC(C)(C)C3CCC21C. The zero-order chi connectivity index (χ0) is 28.6. The highest BCUT2D eigenvalue weighted by Crippen LogP contribution is 2.76. The van der Waals surface area contributed by atoms with Gasteiger partial charge in [-0.05, 0) is 127 Å². The lowest BCUT2D eigenvalue weighted by atomic mass is 9.33.